The van der Waals surface area contributed by atoms with Gasteiger partial charge in [-0.25, -0.2) is 0 Å². The van der Waals surface area contributed by atoms with Gasteiger partial charge >= 0.3 is 0 Å². The van der Waals surface area contributed by atoms with Crippen molar-refractivity contribution in [3.05, 3.63) is 0 Å². The summed E-state index contributed by atoms with van der Waals surface area (Å²) in [6.07, 6.45) is 9.28. The fourth-order valence-corrected chi connectivity index (χ4v) is 1.92. The molecule has 1 saturated heterocycles. The maximum absolute atomic E-state index is 5.65. The Morgan fingerprint density at radius 3 is 2.33 bits per heavy atom. The van der Waals surface area contributed by atoms with Crippen LogP contribution in [0.25, 0.3) is 0 Å². The molecule has 0 aromatic heterocycles. The molecular formula is C11H22O. The molecule has 0 aliphatic carbocycles. The van der Waals surface area contributed by atoms with E-state index in [1.54, 1.807) is 0 Å². The molecule has 0 aromatic rings. The molecule has 12 heavy (non-hydrogen) atoms. The summed E-state index contributed by atoms with van der Waals surface area (Å²) in [7, 11) is 0. The first-order chi connectivity index (χ1) is 5.83. The van der Waals surface area contributed by atoms with Gasteiger partial charge in [-0.2, -0.15) is 0 Å². The molecule has 0 radical (unpaired) electrons. The normalized spacial score (nSPS) is 28.5. The molecule has 72 valence electrons. The Morgan fingerprint density at radius 1 is 1.17 bits per heavy atom. The zero-order valence-corrected chi connectivity index (χ0v) is 8.57. The lowest BCUT2D eigenvalue weighted by Crippen LogP contribution is -2.42. The maximum atomic E-state index is 5.65. The lowest BCUT2D eigenvalue weighted by atomic mass is 9.86. The van der Waals surface area contributed by atoms with Crippen LogP contribution >= 0.6 is 0 Å². The van der Waals surface area contributed by atoms with Crippen molar-refractivity contribution in [2.45, 2.75) is 64.4 Å². The fourth-order valence-electron chi connectivity index (χ4n) is 1.92. The van der Waals surface area contributed by atoms with Crippen molar-refractivity contribution < 1.29 is 4.74 Å². The third kappa shape index (κ3) is 2.48. The molecule has 0 bridgehead atoms. The van der Waals surface area contributed by atoms with Crippen LogP contribution in [0.1, 0.15) is 58.8 Å². The van der Waals surface area contributed by atoms with Crippen LogP contribution in [-0.4, -0.2) is 12.2 Å². The van der Waals surface area contributed by atoms with E-state index in [0.717, 1.165) is 6.61 Å². The molecule has 0 saturated carbocycles. The van der Waals surface area contributed by atoms with Gasteiger partial charge in [-0.15, -0.1) is 0 Å². The summed E-state index contributed by atoms with van der Waals surface area (Å²) in [5.41, 5.74) is 0.313. The summed E-state index contributed by atoms with van der Waals surface area (Å²) in [6, 6.07) is 0. The Hall–Kier alpha value is -0.0400. The van der Waals surface area contributed by atoms with Crippen LogP contribution in [0.2, 0.25) is 0 Å². The van der Waals surface area contributed by atoms with Gasteiger partial charge in [-0.05, 0) is 19.3 Å². The van der Waals surface area contributed by atoms with Crippen molar-refractivity contribution in [3.63, 3.8) is 0 Å². The van der Waals surface area contributed by atoms with E-state index in [0.29, 0.717) is 5.60 Å². The van der Waals surface area contributed by atoms with Gasteiger partial charge in [0.15, 0.2) is 0 Å². The standard InChI is InChI=1S/C11H22O/c1-3-5-6-7-8-11(4-2)9-10-12-11/h3-10H2,1-2H3. The highest BCUT2D eigenvalue weighted by Gasteiger charge is 2.35. The molecule has 1 heterocycles. The molecule has 1 fully saturated rings. The number of hydrogen-bond donors (Lipinski definition) is 0. The highest BCUT2D eigenvalue weighted by molar-refractivity contribution is 4.85. The number of hydrogen-bond acceptors (Lipinski definition) is 1. The van der Waals surface area contributed by atoms with Crippen molar-refractivity contribution >= 4 is 0 Å². The van der Waals surface area contributed by atoms with Crippen LogP contribution in [0.4, 0.5) is 0 Å². The first-order valence-corrected chi connectivity index (χ1v) is 5.47. The second-order valence-corrected chi connectivity index (χ2v) is 3.95. The minimum atomic E-state index is 0.313. The maximum Gasteiger partial charge on any atom is 0.0701 e. The van der Waals surface area contributed by atoms with Crippen LogP contribution in [-0.2, 0) is 4.74 Å². The minimum Gasteiger partial charge on any atom is -0.375 e. The van der Waals surface area contributed by atoms with Gasteiger partial charge in [-0.1, -0.05) is 39.5 Å². The van der Waals surface area contributed by atoms with Crippen molar-refractivity contribution in [2.24, 2.45) is 0 Å². The third-order valence-corrected chi connectivity index (χ3v) is 3.10. The second kappa shape index (κ2) is 4.86. The topological polar surface area (TPSA) is 9.23 Å². The number of rotatable bonds is 6. The summed E-state index contributed by atoms with van der Waals surface area (Å²) in [4.78, 5) is 0. The molecule has 1 unspecified atom stereocenters. The smallest absolute Gasteiger partial charge is 0.0701 e. The van der Waals surface area contributed by atoms with Crippen molar-refractivity contribution in [3.8, 4) is 0 Å². The summed E-state index contributed by atoms with van der Waals surface area (Å²) in [6.45, 7) is 5.51. The Balaban J connectivity index is 2.04. The van der Waals surface area contributed by atoms with Gasteiger partial charge in [-0.3, -0.25) is 0 Å². The van der Waals surface area contributed by atoms with Crippen molar-refractivity contribution in [1.29, 1.82) is 0 Å². The molecule has 1 atom stereocenters. The summed E-state index contributed by atoms with van der Waals surface area (Å²) in [5.74, 6) is 0. The average Bonchev–Trinajstić information content (AvgIpc) is 2.02. The fraction of sp³-hybridized carbons (Fsp3) is 1.00. The Kier molecular flexibility index (Phi) is 4.07. The van der Waals surface area contributed by atoms with E-state index in [1.165, 1.54) is 44.9 Å². The second-order valence-electron chi connectivity index (χ2n) is 3.95. The van der Waals surface area contributed by atoms with Crippen molar-refractivity contribution in [1.82, 2.24) is 0 Å². The van der Waals surface area contributed by atoms with E-state index in [2.05, 4.69) is 13.8 Å². The van der Waals surface area contributed by atoms with Crippen molar-refractivity contribution in [2.75, 3.05) is 6.61 Å². The molecule has 0 amide bonds. The predicted octanol–water partition coefficient (Wildman–Crippen LogP) is 3.53. The van der Waals surface area contributed by atoms with Gasteiger partial charge in [0.25, 0.3) is 0 Å². The van der Waals surface area contributed by atoms with Gasteiger partial charge in [0.1, 0.15) is 0 Å². The zero-order chi connectivity index (χ0) is 8.86. The number of unbranched alkanes of at least 4 members (excludes halogenated alkanes) is 3. The van der Waals surface area contributed by atoms with E-state index < -0.39 is 0 Å². The summed E-state index contributed by atoms with van der Waals surface area (Å²) < 4.78 is 5.65. The van der Waals surface area contributed by atoms with Gasteiger partial charge in [0.05, 0.1) is 12.2 Å². The average molecular weight is 170 g/mol. The monoisotopic (exact) mass is 170 g/mol. The van der Waals surface area contributed by atoms with Gasteiger partial charge in [0, 0.05) is 0 Å². The lowest BCUT2D eigenvalue weighted by molar-refractivity contribution is -0.154. The molecule has 0 N–H and O–H groups in total. The van der Waals surface area contributed by atoms with Gasteiger partial charge < -0.3 is 4.74 Å². The van der Waals surface area contributed by atoms with Crippen LogP contribution in [0.5, 0.6) is 0 Å². The van der Waals surface area contributed by atoms with E-state index in [4.69, 9.17) is 4.74 Å². The third-order valence-electron chi connectivity index (χ3n) is 3.10. The Bertz CT molecular complexity index is 111. The summed E-state index contributed by atoms with van der Waals surface area (Å²) >= 11 is 0. The van der Waals surface area contributed by atoms with Crippen LogP contribution in [0.3, 0.4) is 0 Å². The van der Waals surface area contributed by atoms with E-state index >= 15 is 0 Å². The Labute approximate surface area is 76.5 Å². The quantitative estimate of drug-likeness (QED) is 0.554. The highest BCUT2D eigenvalue weighted by Crippen LogP contribution is 2.34. The number of ether oxygens (including phenoxy) is 1. The lowest BCUT2D eigenvalue weighted by Gasteiger charge is -2.41. The molecular weight excluding hydrogens is 148 g/mol. The SMILES string of the molecule is CCCCCCC1(CC)CCO1. The van der Waals surface area contributed by atoms with Gasteiger partial charge in [0.2, 0.25) is 0 Å². The molecule has 1 heteroatoms. The van der Waals surface area contributed by atoms with E-state index in [1.807, 2.05) is 0 Å². The predicted molar refractivity (Wildman–Crippen MR) is 52.4 cm³/mol. The van der Waals surface area contributed by atoms with E-state index in [-0.39, 0.29) is 0 Å². The highest BCUT2D eigenvalue weighted by atomic mass is 16.5. The summed E-state index contributed by atoms with van der Waals surface area (Å²) in [5, 5.41) is 0. The molecule has 0 spiro atoms. The first kappa shape index (κ1) is 10.0. The molecule has 1 nitrogen and oxygen atoms in total. The first-order valence-electron chi connectivity index (χ1n) is 5.47. The Morgan fingerprint density at radius 2 is 1.92 bits per heavy atom. The minimum absolute atomic E-state index is 0.313. The molecule has 1 aliphatic rings. The molecule has 0 aromatic carbocycles. The molecule has 1 rings (SSSR count). The van der Waals surface area contributed by atoms with Crippen LogP contribution in [0.15, 0.2) is 0 Å². The van der Waals surface area contributed by atoms with Crippen LogP contribution < -0.4 is 0 Å². The largest absolute Gasteiger partial charge is 0.375 e. The zero-order valence-electron chi connectivity index (χ0n) is 8.57. The molecule has 1 aliphatic heterocycles. The van der Waals surface area contributed by atoms with E-state index in [9.17, 15) is 0 Å². The van der Waals surface area contributed by atoms with Crippen LogP contribution in [0, 0.1) is 0 Å².